The van der Waals surface area contributed by atoms with Crippen LogP contribution in [0.25, 0.3) is 0 Å². The Bertz CT molecular complexity index is 310. The maximum Gasteiger partial charge on any atom is 0.0642 e. The molecule has 17 heavy (non-hydrogen) atoms. The van der Waals surface area contributed by atoms with Gasteiger partial charge in [0.25, 0.3) is 0 Å². The summed E-state index contributed by atoms with van der Waals surface area (Å²) in [5.74, 6) is 0. The molecule has 0 atom stereocenters. The van der Waals surface area contributed by atoms with Gasteiger partial charge in [-0.1, -0.05) is 18.7 Å². The second kappa shape index (κ2) is 6.50. The molecule has 0 bridgehead atoms. The predicted octanol–water partition coefficient (Wildman–Crippen LogP) is 2.59. The van der Waals surface area contributed by atoms with Crippen LogP contribution in [0.5, 0.6) is 0 Å². The lowest BCUT2D eigenvalue weighted by atomic mass is 10.1. The zero-order valence-electron chi connectivity index (χ0n) is 11.3. The molecule has 0 amide bonds. The highest BCUT2D eigenvalue weighted by Crippen LogP contribution is 2.22. The summed E-state index contributed by atoms with van der Waals surface area (Å²) in [6.45, 7) is 18.8. The maximum atomic E-state index is 5.37. The van der Waals surface area contributed by atoms with Crippen LogP contribution in [0.15, 0.2) is 36.3 Å². The standard InChI is InChI=1S/C14H24N2O/c1-6-15(7-2)14(12(3)4)13(5)16-8-10-17-11-9-16/h6H,1,5,7-11H2,2-4H3. The van der Waals surface area contributed by atoms with E-state index < -0.39 is 0 Å². The highest BCUT2D eigenvalue weighted by atomic mass is 16.5. The second-order valence-electron chi connectivity index (χ2n) is 4.36. The third-order valence-electron chi connectivity index (χ3n) is 2.99. The second-order valence-corrected chi connectivity index (χ2v) is 4.36. The van der Waals surface area contributed by atoms with Crippen molar-refractivity contribution in [2.75, 3.05) is 32.8 Å². The van der Waals surface area contributed by atoms with E-state index in [-0.39, 0.29) is 0 Å². The van der Waals surface area contributed by atoms with Crippen molar-refractivity contribution in [2.45, 2.75) is 20.8 Å². The minimum Gasteiger partial charge on any atom is -0.378 e. The summed E-state index contributed by atoms with van der Waals surface area (Å²) in [5.41, 5.74) is 3.53. The Morgan fingerprint density at radius 3 is 2.35 bits per heavy atom. The molecule has 0 unspecified atom stereocenters. The van der Waals surface area contributed by atoms with E-state index in [0.717, 1.165) is 38.5 Å². The summed E-state index contributed by atoms with van der Waals surface area (Å²) in [6, 6.07) is 0. The zero-order chi connectivity index (χ0) is 12.8. The summed E-state index contributed by atoms with van der Waals surface area (Å²) < 4.78 is 5.37. The predicted molar refractivity (Wildman–Crippen MR) is 72.5 cm³/mol. The van der Waals surface area contributed by atoms with Gasteiger partial charge in [-0.05, 0) is 27.0 Å². The summed E-state index contributed by atoms with van der Waals surface area (Å²) in [4.78, 5) is 4.44. The molecule has 0 aromatic carbocycles. The molecule has 0 spiro atoms. The van der Waals surface area contributed by atoms with Crippen LogP contribution in [-0.2, 0) is 4.74 Å². The third kappa shape index (κ3) is 3.37. The lowest BCUT2D eigenvalue weighted by molar-refractivity contribution is 0.0536. The van der Waals surface area contributed by atoms with Crippen molar-refractivity contribution >= 4 is 0 Å². The van der Waals surface area contributed by atoms with Crippen LogP contribution in [0, 0.1) is 0 Å². The minimum absolute atomic E-state index is 0.787. The topological polar surface area (TPSA) is 15.7 Å². The molecule has 0 aromatic heterocycles. The van der Waals surface area contributed by atoms with Gasteiger partial charge in [0.2, 0.25) is 0 Å². The van der Waals surface area contributed by atoms with Crippen molar-refractivity contribution in [3.63, 3.8) is 0 Å². The lowest BCUT2D eigenvalue weighted by Crippen LogP contribution is -2.38. The van der Waals surface area contributed by atoms with E-state index in [2.05, 4.69) is 43.7 Å². The number of nitrogens with zero attached hydrogens (tertiary/aromatic N) is 2. The molecular formula is C14H24N2O. The van der Waals surface area contributed by atoms with Gasteiger partial charge in [0.1, 0.15) is 0 Å². The van der Waals surface area contributed by atoms with Crippen LogP contribution < -0.4 is 0 Å². The van der Waals surface area contributed by atoms with E-state index in [1.807, 2.05) is 6.20 Å². The van der Waals surface area contributed by atoms with Crippen LogP contribution in [0.4, 0.5) is 0 Å². The quantitative estimate of drug-likeness (QED) is 0.682. The molecule has 1 aliphatic heterocycles. The van der Waals surface area contributed by atoms with E-state index in [1.54, 1.807) is 0 Å². The van der Waals surface area contributed by atoms with Crippen molar-refractivity contribution in [3.05, 3.63) is 36.3 Å². The van der Waals surface area contributed by atoms with Crippen molar-refractivity contribution in [2.24, 2.45) is 0 Å². The van der Waals surface area contributed by atoms with Gasteiger partial charge >= 0.3 is 0 Å². The number of ether oxygens (including phenoxy) is 1. The molecule has 1 saturated heterocycles. The average Bonchev–Trinajstić information content (AvgIpc) is 2.35. The minimum atomic E-state index is 0.787. The normalized spacial score (nSPS) is 15.4. The van der Waals surface area contributed by atoms with Gasteiger partial charge < -0.3 is 14.5 Å². The average molecular weight is 236 g/mol. The first kappa shape index (κ1) is 13.8. The molecular weight excluding hydrogens is 212 g/mol. The van der Waals surface area contributed by atoms with Crippen molar-refractivity contribution in [1.82, 2.24) is 9.80 Å². The van der Waals surface area contributed by atoms with Gasteiger partial charge in [-0.3, -0.25) is 0 Å². The van der Waals surface area contributed by atoms with Crippen LogP contribution in [0.1, 0.15) is 20.8 Å². The zero-order valence-corrected chi connectivity index (χ0v) is 11.3. The molecule has 3 heteroatoms. The van der Waals surface area contributed by atoms with E-state index in [1.165, 1.54) is 11.3 Å². The number of allylic oxidation sites excluding steroid dienone is 1. The number of hydrogen-bond donors (Lipinski definition) is 0. The Hall–Kier alpha value is -1.22. The largest absolute Gasteiger partial charge is 0.378 e. The Balaban J connectivity index is 2.87. The molecule has 0 radical (unpaired) electrons. The Kier molecular flexibility index (Phi) is 5.29. The van der Waals surface area contributed by atoms with Crippen LogP contribution in [0.3, 0.4) is 0 Å². The Morgan fingerprint density at radius 2 is 1.94 bits per heavy atom. The molecule has 96 valence electrons. The van der Waals surface area contributed by atoms with Gasteiger partial charge in [-0.2, -0.15) is 0 Å². The fraction of sp³-hybridized carbons (Fsp3) is 0.571. The van der Waals surface area contributed by atoms with Gasteiger partial charge in [0, 0.05) is 19.6 Å². The van der Waals surface area contributed by atoms with Gasteiger partial charge in [-0.25, -0.2) is 0 Å². The highest BCUT2D eigenvalue weighted by Gasteiger charge is 2.18. The van der Waals surface area contributed by atoms with E-state index in [9.17, 15) is 0 Å². The lowest BCUT2D eigenvalue weighted by Gasteiger charge is -2.35. The van der Waals surface area contributed by atoms with Crippen LogP contribution in [-0.4, -0.2) is 42.6 Å². The van der Waals surface area contributed by atoms with Crippen LogP contribution >= 0.6 is 0 Å². The molecule has 0 aromatic rings. The fourth-order valence-corrected chi connectivity index (χ4v) is 2.10. The SMILES string of the molecule is C=CN(CC)C(C(=C)N1CCOCC1)=C(C)C. The first-order valence-corrected chi connectivity index (χ1v) is 6.20. The van der Waals surface area contributed by atoms with Gasteiger partial charge in [0.05, 0.1) is 24.6 Å². The number of morpholine rings is 1. The van der Waals surface area contributed by atoms with E-state index in [0.29, 0.717) is 0 Å². The molecule has 0 saturated carbocycles. The molecule has 0 aliphatic carbocycles. The summed E-state index contributed by atoms with van der Waals surface area (Å²) in [5, 5.41) is 0. The first-order valence-electron chi connectivity index (χ1n) is 6.20. The molecule has 1 fully saturated rings. The number of hydrogen-bond acceptors (Lipinski definition) is 3. The van der Waals surface area contributed by atoms with Crippen molar-refractivity contribution < 1.29 is 4.74 Å². The van der Waals surface area contributed by atoms with E-state index >= 15 is 0 Å². The Labute approximate surface area is 105 Å². The monoisotopic (exact) mass is 236 g/mol. The smallest absolute Gasteiger partial charge is 0.0642 e. The van der Waals surface area contributed by atoms with Gasteiger partial charge in [0.15, 0.2) is 0 Å². The Morgan fingerprint density at radius 1 is 1.35 bits per heavy atom. The van der Waals surface area contributed by atoms with E-state index in [4.69, 9.17) is 4.74 Å². The third-order valence-corrected chi connectivity index (χ3v) is 2.99. The maximum absolute atomic E-state index is 5.37. The highest BCUT2D eigenvalue weighted by molar-refractivity contribution is 5.31. The molecule has 1 rings (SSSR count). The molecule has 1 aliphatic rings. The first-order chi connectivity index (χ1) is 8.11. The molecule has 0 N–H and O–H groups in total. The van der Waals surface area contributed by atoms with Gasteiger partial charge in [-0.15, -0.1) is 0 Å². The van der Waals surface area contributed by atoms with Crippen LogP contribution in [0.2, 0.25) is 0 Å². The number of likely N-dealkylation sites (N-methyl/N-ethyl adjacent to an activating group) is 1. The molecule has 3 nitrogen and oxygen atoms in total. The van der Waals surface area contributed by atoms with Crippen molar-refractivity contribution in [3.8, 4) is 0 Å². The summed E-state index contributed by atoms with van der Waals surface area (Å²) >= 11 is 0. The van der Waals surface area contributed by atoms with Crippen molar-refractivity contribution in [1.29, 1.82) is 0 Å². The fourth-order valence-electron chi connectivity index (χ4n) is 2.10. The molecule has 1 heterocycles. The number of rotatable bonds is 5. The summed E-state index contributed by atoms with van der Waals surface area (Å²) in [7, 11) is 0. The summed E-state index contributed by atoms with van der Waals surface area (Å²) in [6.07, 6.45) is 1.87.